The summed E-state index contributed by atoms with van der Waals surface area (Å²) in [6.45, 7) is 4.15. The van der Waals surface area contributed by atoms with Gasteiger partial charge in [-0.3, -0.25) is 4.99 Å². The van der Waals surface area contributed by atoms with Crippen molar-refractivity contribution >= 4 is 41.7 Å². The topological polar surface area (TPSA) is 50.8 Å². The van der Waals surface area contributed by atoms with Gasteiger partial charge in [-0.05, 0) is 24.9 Å². The summed E-state index contributed by atoms with van der Waals surface area (Å²) in [5.74, 6) is 1.94. The van der Waals surface area contributed by atoms with Crippen molar-refractivity contribution in [2.75, 3.05) is 44.9 Å². The molecule has 0 aromatic rings. The number of hydrogen-bond acceptors (Lipinski definition) is 3. The van der Waals surface area contributed by atoms with Gasteiger partial charge < -0.3 is 15.4 Å². The Hall–Kier alpha value is 0.310. The highest BCUT2D eigenvalue weighted by molar-refractivity contribution is 14.0. The molecule has 17 heavy (non-hydrogen) atoms. The summed E-state index contributed by atoms with van der Waals surface area (Å²) in [6, 6.07) is 0. The molecule has 1 fully saturated rings. The fourth-order valence-electron chi connectivity index (χ4n) is 1.62. The standard InChI is InChI=1S/C11H23N3OS.HI/c1-16-10-4-2-3-5-13-11(12)14-6-8-15-9-7-14;/h2-10H2,1H3,(H2,12,13);1H. The number of guanidine groups is 1. The zero-order chi connectivity index (χ0) is 11.6. The third-order valence-electron chi connectivity index (χ3n) is 2.62. The number of thioether (sulfide) groups is 1. The summed E-state index contributed by atoms with van der Waals surface area (Å²) >= 11 is 1.91. The lowest BCUT2D eigenvalue weighted by Crippen LogP contribution is -2.44. The van der Waals surface area contributed by atoms with Crippen molar-refractivity contribution < 1.29 is 4.74 Å². The maximum atomic E-state index is 5.91. The molecule has 0 spiro atoms. The summed E-state index contributed by atoms with van der Waals surface area (Å²) < 4.78 is 5.27. The average molecular weight is 373 g/mol. The number of rotatable bonds is 6. The highest BCUT2D eigenvalue weighted by Crippen LogP contribution is 2.02. The van der Waals surface area contributed by atoms with Gasteiger partial charge in [-0.15, -0.1) is 24.0 Å². The summed E-state index contributed by atoms with van der Waals surface area (Å²) in [7, 11) is 0. The number of nitrogens with zero attached hydrogens (tertiary/aromatic N) is 2. The van der Waals surface area contributed by atoms with Crippen LogP contribution in [0.4, 0.5) is 0 Å². The van der Waals surface area contributed by atoms with Crippen LogP contribution in [0.1, 0.15) is 19.3 Å². The molecule has 1 aliphatic rings. The maximum Gasteiger partial charge on any atom is 0.191 e. The molecular formula is C11H24IN3OS. The number of ether oxygens (including phenoxy) is 1. The van der Waals surface area contributed by atoms with Gasteiger partial charge >= 0.3 is 0 Å². The van der Waals surface area contributed by atoms with Gasteiger partial charge in [-0.1, -0.05) is 6.42 Å². The number of aliphatic imine (C=N–C) groups is 1. The van der Waals surface area contributed by atoms with Crippen LogP contribution in [0.15, 0.2) is 4.99 Å². The molecule has 0 unspecified atom stereocenters. The molecule has 1 saturated heterocycles. The van der Waals surface area contributed by atoms with E-state index >= 15 is 0 Å². The Labute approximate surface area is 126 Å². The largest absolute Gasteiger partial charge is 0.378 e. The van der Waals surface area contributed by atoms with Gasteiger partial charge in [0.2, 0.25) is 0 Å². The molecule has 1 heterocycles. The van der Waals surface area contributed by atoms with Crippen LogP contribution in [-0.4, -0.2) is 55.7 Å². The average Bonchev–Trinajstić information content (AvgIpc) is 2.34. The lowest BCUT2D eigenvalue weighted by atomic mass is 10.2. The van der Waals surface area contributed by atoms with Crippen molar-refractivity contribution in [2.24, 2.45) is 10.7 Å². The lowest BCUT2D eigenvalue weighted by Gasteiger charge is -2.27. The summed E-state index contributed by atoms with van der Waals surface area (Å²) in [4.78, 5) is 6.51. The first kappa shape index (κ1) is 17.3. The van der Waals surface area contributed by atoms with E-state index in [-0.39, 0.29) is 24.0 Å². The lowest BCUT2D eigenvalue weighted by molar-refractivity contribution is 0.0674. The predicted molar refractivity (Wildman–Crippen MR) is 86.5 cm³/mol. The van der Waals surface area contributed by atoms with Crippen molar-refractivity contribution in [2.45, 2.75) is 19.3 Å². The second-order valence-corrected chi connectivity index (χ2v) is 4.88. The van der Waals surface area contributed by atoms with E-state index in [1.807, 2.05) is 11.8 Å². The third-order valence-corrected chi connectivity index (χ3v) is 3.31. The molecule has 1 rings (SSSR count). The minimum atomic E-state index is 0. The Kier molecular flexibility index (Phi) is 11.6. The Morgan fingerprint density at radius 3 is 2.65 bits per heavy atom. The Morgan fingerprint density at radius 1 is 1.29 bits per heavy atom. The molecule has 2 N–H and O–H groups in total. The second-order valence-electron chi connectivity index (χ2n) is 3.89. The number of nitrogens with two attached hydrogens (primary N) is 1. The van der Waals surface area contributed by atoms with Gasteiger partial charge in [0, 0.05) is 19.6 Å². The van der Waals surface area contributed by atoms with E-state index < -0.39 is 0 Å². The molecule has 0 bridgehead atoms. The summed E-state index contributed by atoms with van der Waals surface area (Å²) in [6.07, 6.45) is 5.83. The zero-order valence-corrected chi connectivity index (χ0v) is 13.7. The van der Waals surface area contributed by atoms with Crippen LogP contribution >= 0.6 is 35.7 Å². The molecular weight excluding hydrogens is 349 g/mol. The molecule has 0 saturated carbocycles. The van der Waals surface area contributed by atoms with E-state index in [4.69, 9.17) is 10.5 Å². The molecule has 0 aromatic carbocycles. The monoisotopic (exact) mass is 373 g/mol. The number of unbranched alkanes of at least 4 members (excludes halogenated alkanes) is 2. The SMILES string of the molecule is CSCCCCCN=C(N)N1CCOCC1.I. The van der Waals surface area contributed by atoms with Crippen LogP contribution < -0.4 is 5.73 Å². The quantitative estimate of drug-likeness (QED) is 0.334. The molecule has 0 aromatic heterocycles. The zero-order valence-electron chi connectivity index (χ0n) is 10.6. The van der Waals surface area contributed by atoms with Gasteiger partial charge in [-0.2, -0.15) is 11.8 Å². The van der Waals surface area contributed by atoms with E-state index in [0.29, 0.717) is 5.96 Å². The first-order valence-electron chi connectivity index (χ1n) is 5.96. The molecule has 4 nitrogen and oxygen atoms in total. The van der Waals surface area contributed by atoms with Crippen LogP contribution in [0.3, 0.4) is 0 Å². The summed E-state index contributed by atoms with van der Waals surface area (Å²) in [5, 5.41) is 0. The van der Waals surface area contributed by atoms with Crippen LogP contribution in [-0.2, 0) is 4.74 Å². The first-order chi connectivity index (χ1) is 7.84. The molecule has 0 aliphatic carbocycles. The first-order valence-corrected chi connectivity index (χ1v) is 7.35. The predicted octanol–water partition coefficient (Wildman–Crippen LogP) is 1.78. The summed E-state index contributed by atoms with van der Waals surface area (Å²) in [5.41, 5.74) is 5.91. The van der Waals surface area contributed by atoms with Crippen molar-refractivity contribution in [3.8, 4) is 0 Å². The van der Waals surface area contributed by atoms with Crippen LogP contribution in [0.25, 0.3) is 0 Å². The number of morpholine rings is 1. The van der Waals surface area contributed by atoms with Crippen molar-refractivity contribution in [3.05, 3.63) is 0 Å². The Morgan fingerprint density at radius 2 is 2.00 bits per heavy atom. The maximum absolute atomic E-state index is 5.91. The molecule has 0 radical (unpaired) electrons. The Bertz CT molecular complexity index is 211. The van der Waals surface area contributed by atoms with Gasteiger partial charge in [0.25, 0.3) is 0 Å². The smallest absolute Gasteiger partial charge is 0.191 e. The molecule has 0 atom stereocenters. The van der Waals surface area contributed by atoms with Crippen LogP contribution in [0.5, 0.6) is 0 Å². The van der Waals surface area contributed by atoms with Gasteiger partial charge in [-0.25, -0.2) is 0 Å². The number of halogens is 1. The fourth-order valence-corrected chi connectivity index (χ4v) is 2.11. The van der Waals surface area contributed by atoms with Gasteiger partial charge in [0.1, 0.15) is 0 Å². The Balaban J connectivity index is 0.00000256. The minimum Gasteiger partial charge on any atom is -0.378 e. The van der Waals surface area contributed by atoms with E-state index in [1.54, 1.807) is 0 Å². The van der Waals surface area contributed by atoms with Gasteiger partial charge in [0.05, 0.1) is 13.2 Å². The normalized spacial score (nSPS) is 16.8. The molecule has 1 aliphatic heterocycles. The van der Waals surface area contributed by atoms with Gasteiger partial charge in [0.15, 0.2) is 5.96 Å². The van der Waals surface area contributed by atoms with Crippen molar-refractivity contribution in [1.82, 2.24) is 4.90 Å². The minimum absolute atomic E-state index is 0. The van der Waals surface area contributed by atoms with E-state index in [1.165, 1.54) is 18.6 Å². The van der Waals surface area contributed by atoms with Crippen molar-refractivity contribution in [1.29, 1.82) is 0 Å². The van der Waals surface area contributed by atoms with E-state index in [2.05, 4.69) is 16.1 Å². The van der Waals surface area contributed by atoms with Crippen molar-refractivity contribution in [3.63, 3.8) is 0 Å². The molecule has 102 valence electrons. The van der Waals surface area contributed by atoms with E-state index in [0.717, 1.165) is 39.3 Å². The molecule has 6 heteroatoms. The van der Waals surface area contributed by atoms with E-state index in [9.17, 15) is 0 Å². The highest BCUT2D eigenvalue weighted by Gasteiger charge is 2.11. The second kappa shape index (κ2) is 11.4. The van der Waals surface area contributed by atoms with Crippen LogP contribution in [0, 0.1) is 0 Å². The fraction of sp³-hybridized carbons (Fsp3) is 0.909. The highest BCUT2D eigenvalue weighted by atomic mass is 127. The number of hydrogen-bond donors (Lipinski definition) is 1. The molecule has 0 amide bonds. The van der Waals surface area contributed by atoms with Crippen LogP contribution in [0.2, 0.25) is 0 Å². The third kappa shape index (κ3) is 8.10.